The molecule has 0 fully saturated rings. The molecule has 7 heteroatoms. The standard InChI is InChI=1S/C12H11N3O4/c1-2-19-12(16)9(7-13)8-14-10-4-3-5-11(6-10)15(17)18/h3-6,8-9H,2H2,1H3. The van der Waals surface area contributed by atoms with Gasteiger partial charge in [-0.25, -0.2) is 0 Å². The molecule has 98 valence electrons. The van der Waals surface area contributed by atoms with Crippen molar-refractivity contribution in [1.82, 2.24) is 0 Å². The van der Waals surface area contributed by atoms with Crippen molar-refractivity contribution < 1.29 is 14.5 Å². The number of non-ortho nitro benzene ring substituents is 1. The number of benzene rings is 1. The number of nitro benzene ring substituents is 1. The third-order valence-corrected chi connectivity index (χ3v) is 2.09. The maximum Gasteiger partial charge on any atom is 0.328 e. The van der Waals surface area contributed by atoms with Gasteiger partial charge in [0.2, 0.25) is 0 Å². The van der Waals surface area contributed by atoms with Crippen molar-refractivity contribution in [2.45, 2.75) is 6.92 Å². The predicted molar refractivity (Wildman–Crippen MR) is 67.0 cm³/mol. The summed E-state index contributed by atoms with van der Waals surface area (Å²) in [5.41, 5.74) is 0.179. The van der Waals surface area contributed by atoms with Crippen molar-refractivity contribution in [3.05, 3.63) is 34.4 Å². The smallest absolute Gasteiger partial charge is 0.328 e. The summed E-state index contributed by atoms with van der Waals surface area (Å²) in [7, 11) is 0. The average Bonchev–Trinajstić information content (AvgIpc) is 2.40. The number of carbonyl (C=O) groups is 1. The molecular weight excluding hydrogens is 250 g/mol. The molecule has 0 aliphatic heterocycles. The van der Waals surface area contributed by atoms with Gasteiger partial charge in [-0.3, -0.25) is 19.9 Å². The van der Waals surface area contributed by atoms with Gasteiger partial charge in [-0.15, -0.1) is 0 Å². The molecule has 1 rings (SSSR count). The number of hydrogen-bond donors (Lipinski definition) is 0. The van der Waals surface area contributed by atoms with Gasteiger partial charge in [0.05, 0.1) is 23.3 Å². The summed E-state index contributed by atoms with van der Waals surface area (Å²) in [6.45, 7) is 1.80. The number of nitro groups is 1. The highest BCUT2D eigenvalue weighted by molar-refractivity contribution is 5.93. The van der Waals surface area contributed by atoms with Gasteiger partial charge in [-0.2, -0.15) is 5.26 Å². The second-order valence-corrected chi connectivity index (χ2v) is 3.41. The van der Waals surface area contributed by atoms with Crippen LogP contribution < -0.4 is 0 Å². The van der Waals surface area contributed by atoms with Crippen molar-refractivity contribution in [3.8, 4) is 6.07 Å². The van der Waals surface area contributed by atoms with Crippen LogP contribution >= 0.6 is 0 Å². The first kappa shape index (κ1) is 14.3. The van der Waals surface area contributed by atoms with Crippen LogP contribution in [0.25, 0.3) is 0 Å². The summed E-state index contributed by atoms with van der Waals surface area (Å²) in [5.74, 6) is -1.82. The number of rotatable bonds is 5. The third kappa shape index (κ3) is 4.20. The van der Waals surface area contributed by atoms with Gasteiger partial charge in [0.15, 0.2) is 5.92 Å². The first-order valence-corrected chi connectivity index (χ1v) is 5.43. The number of nitrogens with zero attached hydrogens (tertiary/aromatic N) is 3. The maximum atomic E-state index is 11.3. The number of hydrogen-bond acceptors (Lipinski definition) is 6. The molecule has 1 aromatic carbocycles. The first-order valence-electron chi connectivity index (χ1n) is 5.43. The van der Waals surface area contributed by atoms with Crippen molar-refractivity contribution in [2.24, 2.45) is 10.9 Å². The molecule has 1 aromatic rings. The molecule has 0 N–H and O–H groups in total. The summed E-state index contributed by atoms with van der Waals surface area (Å²) in [4.78, 5) is 25.2. The molecule has 0 aliphatic rings. The van der Waals surface area contributed by atoms with Crippen molar-refractivity contribution in [1.29, 1.82) is 5.26 Å². The number of nitriles is 1. The van der Waals surface area contributed by atoms with Crippen molar-refractivity contribution in [3.63, 3.8) is 0 Å². The van der Waals surface area contributed by atoms with Crippen molar-refractivity contribution in [2.75, 3.05) is 6.61 Å². The second-order valence-electron chi connectivity index (χ2n) is 3.41. The Hall–Kier alpha value is -2.75. The Morgan fingerprint density at radius 1 is 1.68 bits per heavy atom. The van der Waals surface area contributed by atoms with Gasteiger partial charge in [-0.05, 0) is 13.0 Å². The molecule has 0 aliphatic carbocycles. The maximum absolute atomic E-state index is 11.3. The van der Waals surface area contributed by atoms with E-state index in [-0.39, 0.29) is 12.3 Å². The molecule has 0 heterocycles. The van der Waals surface area contributed by atoms with Crippen LogP contribution in [-0.2, 0) is 9.53 Å². The minimum atomic E-state index is -1.13. The summed E-state index contributed by atoms with van der Waals surface area (Å²) < 4.78 is 4.68. The molecular formula is C12H11N3O4. The monoisotopic (exact) mass is 261 g/mol. The topological polar surface area (TPSA) is 106 Å². The van der Waals surface area contributed by atoms with Crippen LogP contribution in [0.5, 0.6) is 0 Å². The Kier molecular flexibility index (Phi) is 5.17. The molecule has 1 unspecified atom stereocenters. The quantitative estimate of drug-likeness (QED) is 0.349. The van der Waals surface area contributed by atoms with E-state index in [0.717, 1.165) is 6.21 Å². The normalized spacial score (nSPS) is 11.8. The molecule has 0 aromatic heterocycles. The number of carbonyl (C=O) groups excluding carboxylic acids is 1. The average molecular weight is 261 g/mol. The highest BCUT2D eigenvalue weighted by Gasteiger charge is 2.16. The van der Waals surface area contributed by atoms with E-state index in [9.17, 15) is 14.9 Å². The fraction of sp³-hybridized carbons (Fsp3) is 0.250. The summed E-state index contributed by atoms with van der Waals surface area (Å²) in [6, 6.07) is 7.31. The molecule has 7 nitrogen and oxygen atoms in total. The molecule has 0 amide bonds. The Morgan fingerprint density at radius 2 is 2.42 bits per heavy atom. The van der Waals surface area contributed by atoms with E-state index in [2.05, 4.69) is 9.73 Å². The lowest BCUT2D eigenvalue weighted by Gasteiger charge is -2.02. The van der Waals surface area contributed by atoms with Gasteiger partial charge in [0, 0.05) is 18.3 Å². The number of aliphatic imine (C=N–C) groups is 1. The molecule has 0 saturated carbocycles. The van der Waals surface area contributed by atoms with Gasteiger partial charge < -0.3 is 4.74 Å². The molecule has 19 heavy (non-hydrogen) atoms. The first-order chi connectivity index (χ1) is 9.08. The SMILES string of the molecule is CCOC(=O)C(C#N)C=Nc1cccc([N+](=O)[O-])c1. The van der Waals surface area contributed by atoms with Crippen LogP contribution in [0.1, 0.15) is 6.92 Å². The fourth-order valence-corrected chi connectivity index (χ4v) is 1.23. The van der Waals surface area contributed by atoms with E-state index in [1.54, 1.807) is 13.0 Å². The minimum absolute atomic E-state index is 0.112. The summed E-state index contributed by atoms with van der Waals surface area (Å²) in [5, 5.41) is 19.4. The molecule has 0 spiro atoms. The van der Waals surface area contributed by atoms with E-state index < -0.39 is 16.8 Å². The summed E-state index contributed by atoms with van der Waals surface area (Å²) >= 11 is 0. The van der Waals surface area contributed by atoms with E-state index in [1.807, 2.05) is 0 Å². The highest BCUT2D eigenvalue weighted by atomic mass is 16.6. The molecule has 0 radical (unpaired) electrons. The van der Waals surface area contributed by atoms with Crippen LogP contribution in [0.2, 0.25) is 0 Å². The third-order valence-electron chi connectivity index (χ3n) is 2.09. The lowest BCUT2D eigenvalue weighted by atomic mass is 10.2. The molecule has 0 bridgehead atoms. The van der Waals surface area contributed by atoms with Gasteiger partial charge in [-0.1, -0.05) is 6.07 Å². The van der Waals surface area contributed by atoms with Crippen LogP contribution in [0.15, 0.2) is 29.3 Å². The number of ether oxygens (including phenoxy) is 1. The molecule has 0 saturated heterocycles. The fourth-order valence-electron chi connectivity index (χ4n) is 1.23. The van der Waals surface area contributed by atoms with Gasteiger partial charge in [0.1, 0.15) is 0 Å². The van der Waals surface area contributed by atoms with Gasteiger partial charge in [0.25, 0.3) is 5.69 Å². The lowest BCUT2D eigenvalue weighted by Crippen LogP contribution is -2.17. The molecule has 1 atom stereocenters. The lowest BCUT2D eigenvalue weighted by molar-refractivity contribution is -0.384. The van der Waals surface area contributed by atoms with Crippen LogP contribution in [0.3, 0.4) is 0 Å². The zero-order chi connectivity index (χ0) is 14.3. The number of esters is 1. The van der Waals surface area contributed by atoms with Gasteiger partial charge >= 0.3 is 5.97 Å². The minimum Gasteiger partial charge on any atom is -0.465 e. The largest absolute Gasteiger partial charge is 0.465 e. The summed E-state index contributed by atoms with van der Waals surface area (Å²) in [6.07, 6.45) is 1.11. The van der Waals surface area contributed by atoms with Crippen LogP contribution in [0.4, 0.5) is 11.4 Å². The van der Waals surface area contributed by atoms with E-state index in [1.165, 1.54) is 24.3 Å². The Morgan fingerprint density at radius 3 is 3.00 bits per heavy atom. The zero-order valence-electron chi connectivity index (χ0n) is 10.1. The van der Waals surface area contributed by atoms with E-state index in [0.29, 0.717) is 5.69 Å². The van der Waals surface area contributed by atoms with E-state index in [4.69, 9.17) is 5.26 Å². The Balaban J connectivity index is 2.85. The van der Waals surface area contributed by atoms with Crippen LogP contribution in [-0.4, -0.2) is 23.7 Å². The Bertz CT molecular complexity index is 548. The van der Waals surface area contributed by atoms with Crippen molar-refractivity contribution >= 4 is 23.6 Å². The Labute approximate surface area is 109 Å². The van der Waals surface area contributed by atoms with E-state index >= 15 is 0 Å². The predicted octanol–water partition coefficient (Wildman–Crippen LogP) is 2.00. The second kappa shape index (κ2) is 6.86. The zero-order valence-corrected chi connectivity index (χ0v) is 10.1. The van der Waals surface area contributed by atoms with Crippen LogP contribution in [0, 0.1) is 27.4 Å². The highest BCUT2D eigenvalue weighted by Crippen LogP contribution is 2.19.